The quantitative estimate of drug-likeness (QED) is 0.234. The second kappa shape index (κ2) is 10.9. The van der Waals surface area contributed by atoms with Crippen LogP contribution in [0, 0.1) is 0 Å². The van der Waals surface area contributed by atoms with Crippen molar-refractivity contribution in [1.82, 2.24) is 4.68 Å². The summed E-state index contributed by atoms with van der Waals surface area (Å²) in [7, 11) is 6.46. The number of nitrogens with zero attached hydrogens (tertiary/aromatic N) is 3. The van der Waals surface area contributed by atoms with Crippen LogP contribution >= 0.6 is 11.3 Å². The fourth-order valence-electron chi connectivity index (χ4n) is 3.64. The van der Waals surface area contributed by atoms with Crippen LogP contribution in [0.2, 0.25) is 0 Å². The van der Waals surface area contributed by atoms with Crippen molar-refractivity contribution in [2.75, 3.05) is 35.0 Å². The van der Waals surface area contributed by atoms with Crippen LogP contribution in [-0.2, 0) is 0 Å². The highest BCUT2D eigenvalue weighted by molar-refractivity contribution is 7.07. The van der Waals surface area contributed by atoms with Crippen LogP contribution in [0.25, 0.3) is 22.0 Å². The van der Waals surface area contributed by atoms with Gasteiger partial charge in [-0.1, -0.05) is 24.3 Å². The Morgan fingerprint density at radius 2 is 1.57 bits per heavy atom. The van der Waals surface area contributed by atoms with E-state index in [0.717, 1.165) is 38.1 Å². The van der Waals surface area contributed by atoms with E-state index in [4.69, 9.17) is 24.0 Å². The summed E-state index contributed by atoms with van der Waals surface area (Å²) in [6, 6.07) is 15.9. The lowest BCUT2D eigenvalue weighted by molar-refractivity contribution is 0.349. The van der Waals surface area contributed by atoms with Crippen molar-refractivity contribution in [2.45, 2.75) is 0 Å². The van der Waals surface area contributed by atoms with Gasteiger partial charge in [0.2, 0.25) is 4.80 Å². The monoisotopic (exact) mass is 489 g/mol. The number of thiazole rings is 1. The van der Waals surface area contributed by atoms with Gasteiger partial charge >= 0.3 is 0 Å². The second-order valence-electron chi connectivity index (χ2n) is 7.47. The molecule has 0 aliphatic carbocycles. The molecule has 0 saturated heterocycles. The third-order valence-corrected chi connectivity index (χ3v) is 6.29. The van der Waals surface area contributed by atoms with Crippen molar-refractivity contribution in [3.8, 4) is 34.3 Å². The smallest absolute Gasteiger partial charge is 0.206 e. The minimum absolute atomic E-state index is 0.493. The van der Waals surface area contributed by atoms with Crippen molar-refractivity contribution >= 4 is 28.3 Å². The lowest BCUT2D eigenvalue weighted by Crippen LogP contribution is -2.12. The molecule has 7 nitrogen and oxygen atoms in total. The third kappa shape index (κ3) is 5.07. The summed E-state index contributed by atoms with van der Waals surface area (Å²) in [5.41, 5.74) is 2.69. The number of fused-ring (bicyclic) bond motifs is 1. The molecule has 4 aromatic rings. The third-order valence-electron chi connectivity index (χ3n) is 5.43. The molecule has 0 radical (unpaired) electrons. The first-order chi connectivity index (χ1) is 17.1. The van der Waals surface area contributed by atoms with E-state index in [9.17, 15) is 0 Å². The molecule has 3 aromatic carbocycles. The first kappa shape index (κ1) is 24.1. The number of benzene rings is 3. The Bertz CT molecular complexity index is 1450. The zero-order valence-corrected chi connectivity index (χ0v) is 21.0. The first-order valence-corrected chi connectivity index (χ1v) is 11.7. The molecule has 0 saturated carbocycles. The van der Waals surface area contributed by atoms with E-state index < -0.39 is 0 Å². The molecule has 8 heteroatoms. The zero-order valence-electron chi connectivity index (χ0n) is 20.1. The van der Waals surface area contributed by atoms with Crippen LogP contribution in [0.5, 0.6) is 23.0 Å². The van der Waals surface area contributed by atoms with Crippen molar-refractivity contribution in [3.05, 3.63) is 76.9 Å². The van der Waals surface area contributed by atoms with Gasteiger partial charge in [-0.05, 0) is 35.0 Å². The van der Waals surface area contributed by atoms with Gasteiger partial charge in [-0.15, -0.1) is 17.9 Å². The molecule has 35 heavy (non-hydrogen) atoms. The standard InChI is InChI=1S/C27H27N3O4S/c1-6-11-28-27-30(29-16-21-14-25(33-4)26(34-5)15-24(21)32-3)23(17-35-27)20-8-7-19-13-22(31-2)10-9-18(19)12-20/h6-10,12-17H,1,11H2,2-5H3. The van der Waals surface area contributed by atoms with Crippen molar-refractivity contribution < 1.29 is 18.9 Å². The van der Waals surface area contributed by atoms with E-state index in [1.165, 1.54) is 11.3 Å². The van der Waals surface area contributed by atoms with Gasteiger partial charge in [0.1, 0.15) is 11.5 Å². The minimum Gasteiger partial charge on any atom is -0.497 e. The van der Waals surface area contributed by atoms with Gasteiger partial charge < -0.3 is 18.9 Å². The van der Waals surface area contributed by atoms with Crippen LogP contribution in [0.1, 0.15) is 5.56 Å². The van der Waals surface area contributed by atoms with E-state index in [1.54, 1.807) is 46.8 Å². The van der Waals surface area contributed by atoms with Crippen molar-refractivity contribution in [3.63, 3.8) is 0 Å². The Kier molecular flexibility index (Phi) is 7.52. The molecule has 0 unspecified atom stereocenters. The van der Waals surface area contributed by atoms with Gasteiger partial charge in [0.15, 0.2) is 11.5 Å². The molecule has 1 heterocycles. The molecule has 0 aliphatic rings. The van der Waals surface area contributed by atoms with Crippen molar-refractivity contribution in [1.29, 1.82) is 0 Å². The van der Waals surface area contributed by atoms with E-state index >= 15 is 0 Å². The van der Waals surface area contributed by atoms with Crippen LogP contribution < -0.4 is 23.7 Å². The molecule has 0 bridgehead atoms. The fraction of sp³-hybridized carbons (Fsp3) is 0.185. The summed E-state index contributed by atoms with van der Waals surface area (Å²) in [5.74, 6) is 2.62. The molecule has 0 N–H and O–H groups in total. The number of hydrogen-bond acceptors (Lipinski definition) is 7. The van der Waals surface area contributed by atoms with E-state index in [-0.39, 0.29) is 0 Å². The maximum Gasteiger partial charge on any atom is 0.206 e. The predicted molar refractivity (Wildman–Crippen MR) is 142 cm³/mol. The van der Waals surface area contributed by atoms with E-state index in [0.29, 0.717) is 23.8 Å². The van der Waals surface area contributed by atoms with Crippen LogP contribution in [0.15, 0.2) is 76.7 Å². The molecular weight excluding hydrogens is 462 g/mol. The molecule has 0 atom stereocenters. The van der Waals surface area contributed by atoms with E-state index in [2.05, 4.69) is 41.2 Å². The summed E-state index contributed by atoms with van der Waals surface area (Å²) in [6.45, 7) is 4.27. The van der Waals surface area contributed by atoms with Gasteiger partial charge in [-0.2, -0.15) is 5.10 Å². The molecule has 4 rings (SSSR count). The minimum atomic E-state index is 0.493. The summed E-state index contributed by atoms with van der Waals surface area (Å²) >= 11 is 1.52. The van der Waals surface area contributed by atoms with Crippen LogP contribution in [-0.4, -0.2) is 45.9 Å². The zero-order chi connectivity index (χ0) is 24.8. The molecule has 0 amide bonds. The Labute approximate surface area is 208 Å². The van der Waals surface area contributed by atoms with Crippen molar-refractivity contribution in [2.24, 2.45) is 10.1 Å². The SMILES string of the molecule is C=CCN=c1scc(-c2ccc3cc(OC)ccc3c2)n1N=Cc1cc(OC)c(OC)cc1OC. The van der Waals surface area contributed by atoms with E-state index in [1.807, 2.05) is 22.9 Å². The maximum absolute atomic E-state index is 5.55. The average molecular weight is 490 g/mol. The number of hydrogen-bond donors (Lipinski definition) is 0. The Morgan fingerprint density at radius 3 is 2.29 bits per heavy atom. The Balaban J connectivity index is 1.82. The Morgan fingerprint density at radius 1 is 0.857 bits per heavy atom. The number of ether oxygens (including phenoxy) is 4. The molecule has 0 aliphatic heterocycles. The lowest BCUT2D eigenvalue weighted by Gasteiger charge is -2.12. The summed E-state index contributed by atoms with van der Waals surface area (Å²) < 4.78 is 23.6. The lowest BCUT2D eigenvalue weighted by atomic mass is 10.1. The number of aromatic nitrogens is 1. The van der Waals surface area contributed by atoms with Gasteiger partial charge in [0, 0.05) is 22.6 Å². The molecular formula is C27H27N3O4S. The molecule has 0 fully saturated rings. The highest BCUT2D eigenvalue weighted by Crippen LogP contribution is 2.34. The van der Waals surface area contributed by atoms with Crippen LogP contribution in [0.3, 0.4) is 0 Å². The summed E-state index contributed by atoms with van der Waals surface area (Å²) in [4.78, 5) is 5.38. The van der Waals surface area contributed by atoms with Crippen LogP contribution in [0.4, 0.5) is 0 Å². The van der Waals surface area contributed by atoms with Gasteiger partial charge in [-0.3, -0.25) is 4.99 Å². The largest absolute Gasteiger partial charge is 0.497 e. The van der Waals surface area contributed by atoms with Gasteiger partial charge in [-0.25, -0.2) is 4.68 Å². The second-order valence-corrected chi connectivity index (χ2v) is 8.30. The Hall–Kier alpha value is -4.04. The number of methoxy groups -OCH3 is 4. The maximum atomic E-state index is 5.55. The fourth-order valence-corrected chi connectivity index (χ4v) is 4.49. The van der Waals surface area contributed by atoms with Gasteiger partial charge in [0.25, 0.3) is 0 Å². The molecule has 0 spiro atoms. The molecule has 1 aromatic heterocycles. The van der Waals surface area contributed by atoms with Gasteiger partial charge in [0.05, 0.1) is 46.9 Å². The summed E-state index contributed by atoms with van der Waals surface area (Å²) in [5, 5.41) is 9.05. The first-order valence-electron chi connectivity index (χ1n) is 10.9. The summed E-state index contributed by atoms with van der Waals surface area (Å²) in [6.07, 6.45) is 3.49. The molecule has 180 valence electrons. The predicted octanol–water partition coefficient (Wildman–Crippen LogP) is 5.37. The normalized spacial score (nSPS) is 11.7. The topological polar surface area (TPSA) is 66.6 Å². The highest BCUT2D eigenvalue weighted by atomic mass is 32.1. The average Bonchev–Trinajstić information content (AvgIpc) is 3.31. The number of rotatable bonds is 9. The highest BCUT2D eigenvalue weighted by Gasteiger charge is 2.12.